The number of carbonyl (C=O) groups excluding carboxylic acids is 1. The predicted molar refractivity (Wildman–Crippen MR) is 104 cm³/mol. The summed E-state index contributed by atoms with van der Waals surface area (Å²) in [6.07, 6.45) is 3.19. The lowest BCUT2D eigenvalue weighted by Gasteiger charge is -2.13. The van der Waals surface area contributed by atoms with Crippen LogP contribution < -0.4 is 19.5 Å². The highest BCUT2D eigenvalue weighted by atomic mass is 16.5. The molecule has 0 saturated heterocycles. The number of benzene rings is 2. The largest absolute Gasteiger partial charge is 0.493 e. The molecule has 138 valence electrons. The molecule has 5 heteroatoms. The Bertz CT molecular complexity index is 771. The number of anilines is 1. The van der Waals surface area contributed by atoms with Gasteiger partial charge in [0.2, 0.25) is 11.7 Å². The first kappa shape index (κ1) is 19.4. The van der Waals surface area contributed by atoms with Crippen LogP contribution in [0.2, 0.25) is 0 Å². The Morgan fingerprint density at radius 1 is 1.00 bits per heavy atom. The Labute approximate surface area is 154 Å². The van der Waals surface area contributed by atoms with E-state index in [2.05, 4.69) is 19.2 Å². The third-order valence-electron chi connectivity index (χ3n) is 3.95. The molecule has 1 amide bonds. The Morgan fingerprint density at radius 3 is 2.15 bits per heavy atom. The van der Waals surface area contributed by atoms with Gasteiger partial charge in [0.25, 0.3) is 0 Å². The van der Waals surface area contributed by atoms with E-state index < -0.39 is 0 Å². The molecule has 2 aromatic carbocycles. The van der Waals surface area contributed by atoms with Crippen molar-refractivity contribution in [1.82, 2.24) is 0 Å². The minimum atomic E-state index is -0.202. The molecule has 0 saturated carbocycles. The zero-order chi connectivity index (χ0) is 19.1. The van der Waals surface area contributed by atoms with E-state index in [1.807, 2.05) is 24.3 Å². The van der Waals surface area contributed by atoms with Crippen LogP contribution in [0, 0.1) is 0 Å². The minimum Gasteiger partial charge on any atom is -0.493 e. The van der Waals surface area contributed by atoms with Crippen molar-refractivity contribution in [3.8, 4) is 17.2 Å². The van der Waals surface area contributed by atoms with E-state index in [1.54, 1.807) is 39.5 Å². The molecule has 26 heavy (non-hydrogen) atoms. The Hall–Kier alpha value is -2.95. The summed E-state index contributed by atoms with van der Waals surface area (Å²) in [7, 11) is 4.66. The molecule has 0 fully saturated rings. The van der Waals surface area contributed by atoms with Gasteiger partial charge in [-0.15, -0.1) is 0 Å². The van der Waals surface area contributed by atoms with E-state index >= 15 is 0 Å². The quantitative estimate of drug-likeness (QED) is 0.744. The molecular formula is C21H25NO4. The van der Waals surface area contributed by atoms with Gasteiger partial charge < -0.3 is 19.5 Å². The Kier molecular flexibility index (Phi) is 6.67. The number of hydrogen-bond acceptors (Lipinski definition) is 4. The fraction of sp³-hybridized carbons (Fsp3) is 0.286. The van der Waals surface area contributed by atoms with Gasteiger partial charge in [0.1, 0.15) is 0 Å². The number of para-hydroxylation sites is 1. The van der Waals surface area contributed by atoms with Gasteiger partial charge in [-0.05, 0) is 41.3 Å². The molecule has 0 atom stereocenters. The molecule has 0 bridgehead atoms. The molecule has 0 aliphatic heterocycles. The van der Waals surface area contributed by atoms with E-state index in [0.29, 0.717) is 23.2 Å². The van der Waals surface area contributed by atoms with Crippen LogP contribution in [0.15, 0.2) is 42.5 Å². The van der Waals surface area contributed by atoms with Crippen molar-refractivity contribution in [2.45, 2.75) is 19.8 Å². The van der Waals surface area contributed by atoms with Crippen molar-refractivity contribution in [2.75, 3.05) is 26.6 Å². The lowest BCUT2D eigenvalue weighted by molar-refractivity contribution is -0.111. The van der Waals surface area contributed by atoms with Crippen molar-refractivity contribution >= 4 is 17.7 Å². The summed E-state index contributed by atoms with van der Waals surface area (Å²) >= 11 is 0. The van der Waals surface area contributed by atoms with Crippen molar-refractivity contribution in [3.63, 3.8) is 0 Å². The third kappa shape index (κ3) is 4.57. The van der Waals surface area contributed by atoms with Gasteiger partial charge in [0.05, 0.1) is 21.3 Å². The minimum absolute atomic E-state index is 0.202. The van der Waals surface area contributed by atoms with Crippen molar-refractivity contribution < 1.29 is 19.0 Å². The van der Waals surface area contributed by atoms with Gasteiger partial charge in [-0.1, -0.05) is 32.0 Å². The Balaban J connectivity index is 2.21. The van der Waals surface area contributed by atoms with Crippen LogP contribution in [0.25, 0.3) is 6.08 Å². The maximum Gasteiger partial charge on any atom is 0.248 e. The van der Waals surface area contributed by atoms with Gasteiger partial charge in [-0.2, -0.15) is 0 Å². The van der Waals surface area contributed by atoms with Gasteiger partial charge in [-0.25, -0.2) is 0 Å². The van der Waals surface area contributed by atoms with E-state index in [9.17, 15) is 4.79 Å². The van der Waals surface area contributed by atoms with Crippen molar-refractivity contribution in [2.24, 2.45) is 0 Å². The molecule has 1 N–H and O–H groups in total. The molecule has 0 heterocycles. The lowest BCUT2D eigenvalue weighted by Crippen LogP contribution is -2.10. The fourth-order valence-corrected chi connectivity index (χ4v) is 2.66. The van der Waals surface area contributed by atoms with Crippen LogP contribution in [0.1, 0.15) is 30.9 Å². The van der Waals surface area contributed by atoms with Gasteiger partial charge in [0, 0.05) is 11.8 Å². The zero-order valence-corrected chi connectivity index (χ0v) is 15.8. The number of amides is 1. The second-order valence-corrected chi connectivity index (χ2v) is 6.02. The monoisotopic (exact) mass is 355 g/mol. The van der Waals surface area contributed by atoms with E-state index in [0.717, 1.165) is 16.8 Å². The molecule has 0 unspecified atom stereocenters. The average Bonchev–Trinajstić information content (AvgIpc) is 2.65. The zero-order valence-electron chi connectivity index (χ0n) is 15.8. The molecule has 2 rings (SSSR count). The van der Waals surface area contributed by atoms with Crippen molar-refractivity contribution in [1.29, 1.82) is 0 Å². The maximum atomic E-state index is 12.3. The molecule has 5 nitrogen and oxygen atoms in total. The summed E-state index contributed by atoms with van der Waals surface area (Å²) in [4.78, 5) is 12.3. The molecule has 0 aromatic heterocycles. The Morgan fingerprint density at radius 2 is 1.62 bits per heavy atom. The van der Waals surface area contributed by atoms with E-state index in [1.165, 1.54) is 6.08 Å². The molecule has 0 aliphatic carbocycles. The lowest BCUT2D eigenvalue weighted by atomic mass is 10.0. The SMILES string of the molecule is COc1cc(/C=C/C(=O)Nc2ccccc2C(C)C)cc(OC)c1OC. The van der Waals surface area contributed by atoms with Gasteiger partial charge in [0.15, 0.2) is 11.5 Å². The highest BCUT2D eigenvalue weighted by Crippen LogP contribution is 2.38. The summed E-state index contributed by atoms with van der Waals surface area (Å²) in [5.74, 6) is 1.72. The van der Waals surface area contributed by atoms with Crippen LogP contribution in [-0.2, 0) is 4.79 Å². The van der Waals surface area contributed by atoms with Crippen molar-refractivity contribution in [3.05, 3.63) is 53.6 Å². The van der Waals surface area contributed by atoms with Crippen LogP contribution in [-0.4, -0.2) is 27.2 Å². The summed E-state index contributed by atoms with van der Waals surface area (Å²) in [6.45, 7) is 4.19. The highest BCUT2D eigenvalue weighted by Gasteiger charge is 2.12. The second kappa shape index (κ2) is 8.94. The molecule has 0 aliphatic rings. The summed E-state index contributed by atoms with van der Waals surface area (Å²) < 4.78 is 15.9. The second-order valence-electron chi connectivity index (χ2n) is 6.02. The van der Waals surface area contributed by atoms with Crippen LogP contribution in [0.5, 0.6) is 17.2 Å². The standard InChI is InChI=1S/C21H25NO4/c1-14(2)16-8-6-7-9-17(16)22-20(23)11-10-15-12-18(24-3)21(26-5)19(13-15)25-4/h6-14H,1-5H3,(H,22,23)/b11-10+. The maximum absolute atomic E-state index is 12.3. The molecule has 2 aromatic rings. The fourth-order valence-electron chi connectivity index (χ4n) is 2.66. The molecule has 0 spiro atoms. The number of rotatable bonds is 7. The first-order valence-electron chi connectivity index (χ1n) is 8.38. The van der Waals surface area contributed by atoms with Gasteiger partial charge in [-0.3, -0.25) is 4.79 Å². The van der Waals surface area contributed by atoms with E-state index in [4.69, 9.17) is 14.2 Å². The molecule has 0 radical (unpaired) electrons. The summed E-state index contributed by atoms with van der Waals surface area (Å²) in [5.41, 5.74) is 2.69. The first-order valence-corrected chi connectivity index (χ1v) is 8.38. The normalized spacial score (nSPS) is 10.8. The van der Waals surface area contributed by atoms with Crippen LogP contribution >= 0.6 is 0 Å². The third-order valence-corrected chi connectivity index (χ3v) is 3.95. The van der Waals surface area contributed by atoms with Gasteiger partial charge >= 0.3 is 0 Å². The van der Waals surface area contributed by atoms with Crippen LogP contribution in [0.3, 0.4) is 0 Å². The predicted octanol–water partition coefficient (Wildman–Crippen LogP) is 4.49. The summed E-state index contributed by atoms with van der Waals surface area (Å²) in [5, 5.41) is 2.93. The van der Waals surface area contributed by atoms with E-state index in [-0.39, 0.29) is 5.91 Å². The number of hydrogen-bond donors (Lipinski definition) is 1. The average molecular weight is 355 g/mol. The first-order chi connectivity index (χ1) is 12.5. The topological polar surface area (TPSA) is 56.8 Å². The number of methoxy groups -OCH3 is 3. The highest BCUT2D eigenvalue weighted by molar-refractivity contribution is 6.02. The smallest absolute Gasteiger partial charge is 0.248 e. The van der Waals surface area contributed by atoms with Crippen LogP contribution in [0.4, 0.5) is 5.69 Å². The number of nitrogens with one attached hydrogen (secondary N) is 1. The number of ether oxygens (including phenoxy) is 3. The molecular weight excluding hydrogens is 330 g/mol. The summed E-state index contributed by atoms with van der Waals surface area (Å²) in [6, 6.07) is 11.4. The number of carbonyl (C=O) groups is 1.